The Morgan fingerprint density at radius 1 is 0.766 bits per heavy atom. The number of carbonyl (C=O) groups is 3. The van der Waals surface area contributed by atoms with Crippen LogP contribution in [-0.2, 0) is 11.4 Å². The van der Waals surface area contributed by atoms with E-state index in [0.29, 0.717) is 34.1 Å². The average molecular weight is 644 g/mol. The highest BCUT2D eigenvalue weighted by Crippen LogP contribution is 2.24. The molecule has 0 fully saturated rings. The number of anilines is 1. The van der Waals surface area contributed by atoms with Crippen LogP contribution in [0.2, 0.25) is 0 Å². The molecule has 5 aromatic rings. The van der Waals surface area contributed by atoms with Gasteiger partial charge in [0.05, 0.1) is 10.7 Å². The zero-order valence-electron chi connectivity index (χ0n) is 25.0. The number of hydrogen-bond donors (Lipinski definition) is 2. The number of carbonyl (C=O) groups excluding carboxylic acids is 3. The Kier molecular flexibility index (Phi) is 10.9. The summed E-state index contributed by atoms with van der Waals surface area (Å²) in [5.74, 6) is -0.559. The van der Waals surface area contributed by atoms with Crippen LogP contribution in [0.25, 0.3) is 6.08 Å². The maximum absolute atomic E-state index is 13.5. The molecule has 0 spiro atoms. The van der Waals surface area contributed by atoms with Crippen molar-refractivity contribution < 1.29 is 24.0 Å². The Bertz CT molecular complexity index is 1910. The molecule has 47 heavy (non-hydrogen) atoms. The zero-order valence-corrected chi connectivity index (χ0v) is 25.8. The fourth-order valence-corrected chi connectivity index (χ4v) is 5.25. The fourth-order valence-electron chi connectivity index (χ4n) is 4.40. The molecule has 9 nitrogen and oxygen atoms in total. The predicted octanol–water partition coefficient (Wildman–Crippen LogP) is 7.56. The largest absolute Gasteiger partial charge is 0.489 e. The first kappa shape index (κ1) is 32.4. The number of hydrogen-bond acceptors (Lipinski definition) is 7. The van der Waals surface area contributed by atoms with Gasteiger partial charge in [-0.2, -0.15) is 0 Å². The van der Waals surface area contributed by atoms with Crippen molar-refractivity contribution in [3.05, 3.63) is 172 Å². The molecule has 0 aromatic heterocycles. The molecular formula is C37H29N3O6S. The van der Waals surface area contributed by atoms with Gasteiger partial charge < -0.3 is 15.4 Å². The quantitative estimate of drug-likeness (QED) is 0.0446. The van der Waals surface area contributed by atoms with Gasteiger partial charge in [-0.25, -0.2) is 0 Å². The lowest BCUT2D eigenvalue weighted by Gasteiger charge is -2.12. The SMILES string of the molecule is O=C(Nc1cccc(SCC(=O)c2cccc([N+](=O)[O-])c2)c1)/C(=C/c1ccc(OCc2ccccc2)cc1)NC(=O)c1ccccc1. The summed E-state index contributed by atoms with van der Waals surface area (Å²) in [6.45, 7) is 0.414. The number of nitro groups is 1. The molecule has 234 valence electrons. The number of benzene rings is 5. The molecule has 10 heteroatoms. The van der Waals surface area contributed by atoms with Gasteiger partial charge in [0.25, 0.3) is 17.5 Å². The third kappa shape index (κ3) is 9.49. The van der Waals surface area contributed by atoms with Gasteiger partial charge in [-0.1, -0.05) is 78.9 Å². The van der Waals surface area contributed by atoms with Crippen molar-refractivity contribution in [2.45, 2.75) is 11.5 Å². The van der Waals surface area contributed by atoms with Gasteiger partial charge in [0.1, 0.15) is 18.1 Å². The van der Waals surface area contributed by atoms with Crippen molar-refractivity contribution in [3.8, 4) is 5.75 Å². The van der Waals surface area contributed by atoms with Crippen LogP contribution in [0.3, 0.4) is 0 Å². The lowest BCUT2D eigenvalue weighted by atomic mass is 10.1. The van der Waals surface area contributed by atoms with E-state index in [2.05, 4.69) is 10.6 Å². The second kappa shape index (κ2) is 15.8. The highest BCUT2D eigenvalue weighted by Gasteiger charge is 2.16. The molecule has 2 N–H and O–H groups in total. The van der Waals surface area contributed by atoms with Gasteiger partial charge in [-0.05, 0) is 59.7 Å². The summed E-state index contributed by atoms with van der Waals surface area (Å²) in [6.07, 6.45) is 1.58. The van der Waals surface area contributed by atoms with E-state index in [1.54, 1.807) is 84.9 Å². The van der Waals surface area contributed by atoms with Crippen molar-refractivity contribution in [2.75, 3.05) is 11.1 Å². The Labute approximate surface area is 275 Å². The van der Waals surface area contributed by atoms with Crippen LogP contribution in [0.15, 0.2) is 144 Å². The molecule has 0 aliphatic carbocycles. The number of thioether (sulfide) groups is 1. The Hall–Kier alpha value is -6.00. The monoisotopic (exact) mass is 643 g/mol. The molecule has 0 atom stereocenters. The minimum atomic E-state index is -0.548. The number of non-ortho nitro benzene ring substituents is 1. The minimum absolute atomic E-state index is 0.0238. The summed E-state index contributed by atoms with van der Waals surface area (Å²) in [5.41, 5.74) is 2.66. The molecule has 0 aliphatic rings. The standard InChI is InChI=1S/C37H29N3O6S/c41-35(29-13-7-15-31(22-29)40(44)45)25-47-33-16-8-14-30(23-33)38-37(43)34(39-36(42)28-11-5-2-6-12-28)21-26-17-19-32(20-18-26)46-24-27-9-3-1-4-10-27/h1-23H,24-25H2,(H,38,43)(H,39,42)/b34-21-. The van der Waals surface area contributed by atoms with Gasteiger partial charge in [0.15, 0.2) is 5.78 Å². The summed E-state index contributed by atoms with van der Waals surface area (Å²) in [7, 11) is 0. The Morgan fingerprint density at radius 3 is 2.17 bits per heavy atom. The van der Waals surface area contributed by atoms with E-state index in [9.17, 15) is 24.5 Å². The van der Waals surface area contributed by atoms with E-state index in [4.69, 9.17) is 4.74 Å². The highest BCUT2D eigenvalue weighted by atomic mass is 32.2. The van der Waals surface area contributed by atoms with Gasteiger partial charge in [-0.3, -0.25) is 24.5 Å². The lowest BCUT2D eigenvalue weighted by molar-refractivity contribution is -0.384. The molecule has 2 amide bonds. The third-order valence-electron chi connectivity index (χ3n) is 6.81. The number of ketones is 1. The molecule has 5 rings (SSSR count). The second-order valence-corrected chi connectivity index (χ2v) is 11.3. The maximum atomic E-state index is 13.5. The normalized spacial score (nSPS) is 10.9. The highest BCUT2D eigenvalue weighted by molar-refractivity contribution is 8.00. The first-order chi connectivity index (χ1) is 22.8. The summed E-state index contributed by atoms with van der Waals surface area (Å²) in [5, 5.41) is 16.6. The van der Waals surface area contributed by atoms with Gasteiger partial charge in [-0.15, -0.1) is 11.8 Å². The summed E-state index contributed by atoms with van der Waals surface area (Å²) >= 11 is 1.23. The van der Waals surface area contributed by atoms with E-state index in [1.807, 2.05) is 30.3 Å². The lowest BCUT2D eigenvalue weighted by Crippen LogP contribution is -2.30. The van der Waals surface area contributed by atoms with E-state index >= 15 is 0 Å². The molecule has 0 saturated heterocycles. The molecule has 0 unspecified atom stereocenters. The van der Waals surface area contributed by atoms with Gasteiger partial charge in [0.2, 0.25) is 0 Å². The van der Waals surface area contributed by atoms with E-state index < -0.39 is 16.7 Å². The molecular weight excluding hydrogens is 614 g/mol. The second-order valence-electron chi connectivity index (χ2n) is 10.2. The van der Waals surface area contributed by atoms with Crippen molar-refractivity contribution in [3.63, 3.8) is 0 Å². The number of amides is 2. The molecule has 0 radical (unpaired) electrons. The number of ether oxygens (including phenoxy) is 1. The molecule has 5 aromatic carbocycles. The topological polar surface area (TPSA) is 128 Å². The van der Waals surface area contributed by atoms with Crippen molar-refractivity contribution >= 4 is 46.8 Å². The number of nitrogens with one attached hydrogen (secondary N) is 2. The van der Waals surface area contributed by atoms with Crippen LogP contribution >= 0.6 is 11.8 Å². The average Bonchev–Trinajstić information content (AvgIpc) is 3.11. The minimum Gasteiger partial charge on any atom is -0.489 e. The van der Waals surface area contributed by atoms with Crippen LogP contribution in [0.4, 0.5) is 11.4 Å². The number of rotatable bonds is 13. The molecule has 0 bridgehead atoms. The summed E-state index contributed by atoms with van der Waals surface area (Å²) < 4.78 is 5.87. The van der Waals surface area contributed by atoms with Crippen molar-refractivity contribution in [1.29, 1.82) is 0 Å². The summed E-state index contributed by atoms with van der Waals surface area (Å²) in [4.78, 5) is 50.5. The molecule has 0 saturated carbocycles. The first-order valence-electron chi connectivity index (χ1n) is 14.5. The maximum Gasteiger partial charge on any atom is 0.272 e. The van der Waals surface area contributed by atoms with Crippen LogP contribution in [0.1, 0.15) is 31.8 Å². The molecule has 0 heterocycles. The summed E-state index contributed by atoms with van der Waals surface area (Å²) in [6, 6.07) is 38.0. The van der Waals surface area contributed by atoms with E-state index in [-0.39, 0.29) is 28.5 Å². The Balaban J connectivity index is 1.28. The molecule has 0 aliphatic heterocycles. The van der Waals surface area contributed by atoms with Gasteiger partial charge in [0, 0.05) is 33.8 Å². The zero-order chi connectivity index (χ0) is 33.0. The van der Waals surface area contributed by atoms with E-state index in [0.717, 1.165) is 5.56 Å². The van der Waals surface area contributed by atoms with Crippen molar-refractivity contribution in [1.82, 2.24) is 5.32 Å². The number of nitrogens with zero attached hydrogens (tertiary/aromatic N) is 1. The Morgan fingerprint density at radius 2 is 1.45 bits per heavy atom. The number of Topliss-reactive ketones (excluding diaryl/α,β-unsaturated/α-hetero) is 1. The van der Waals surface area contributed by atoms with Crippen molar-refractivity contribution in [2.24, 2.45) is 0 Å². The smallest absolute Gasteiger partial charge is 0.272 e. The van der Waals surface area contributed by atoms with Crippen LogP contribution in [-0.4, -0.2) is 28.3 Å². The third-order valence-corrected chi connectivity index (χ3v) is 7.80. The fraction of sp³-hybridized carbons (Fsp3) is 0.0541. The first-order valence-corrected chi connectivity index (χ1v) is 15.5. The van der Waals surface area contributed by atoms with Crippen LogP contribution in [0, 0.1) is 10.1 Å². The predicted molar refractivity (Wildman–Crippen MR) is 182 cm³/mol. The van der Waals surface area contributed by atoms with E-state index in [1.165, 1.54) is 36.0 Å². The number of nitro benzene ring substituents is 1. The van der Waals surface area contributed by atoms with Crippen LogP contribution < -0.4 is 15.4 Å². The van der Waals surface area contributed by atoms with Gasteiger partial charge >= 0.3 is 0 Å². The van der Waals surface area contributed by atoms with Crippen LogP contribution in [0.5, 0.6) is 5.75 Å².